The largest absolute Gasteiger partial charge is 0.480 e. The van der Waals surface area contributed by atoms with Crippen LogP contribution in [0.2, 0.25) is 0 Å². The van der Waals surface area contributed by atoms with E-state index in [4.69, 9.17) is 0 Å². The molecule has 1 aliphatic carbocycles. The monoisotopic (exact) mass is 598 g/mol. The predicted molar refractivity (Wildman–Crippen MR) is 142 cm³/mol. The zero-order valence-corrected chi connectivity index (χ0v) is 23.9. The lowest BCUT2D eigenvalue weighted by Crippen LogP contribution is -2.52. The van der Waals surface area contributed by atoms with Crippen LogP contribution in [-0.4, -0.2) is 95.3 Å². The van der Waals surface area contributed by atoms with Crippen LogP contribution in [0.4, 0.5) is 0 Å². The molecule has 0 bridgehead atoms. The van der Waals surface area contributed by atoms with Crippen LogP contribution in [0.15, 0.2) is 21.7 Å². The van der Waals surface area contributed by atoms with Gasteiger partial charge in [0, 0.05) is 37.9 Å². The van der Waals surface area contributed by atoms with E-state index < -0.39 is 63.4 Å². The zero-order valence-electron chi connectivity index (χ0n) is 22.2. The summed E-state index contributed by atoms with van der Waals surface area (Å²) >= 11 is 1.02. The topological polar surface area (TPSA) is 190 Å². The maximum absolute atomic E-state index is 13.3. The molecule has 1 aromatic heterocycles. The van der Waals surface area contributed by atoms with Gasteiger partial charge >= 0.3 is 11.9 Å². The van der Waals surface area contributed by atoms with E-state index in [0.29, 0.717) is 6.42 Å². The number of carboxylic acid groups (broad SMARTS) is 2. The molecule has 4 N–H and O–H groups in total. The van der Waals surface area contributed by atoms with Gasteiger partial charge in [-0.15, -0.1) is 11.3 Å². The fourth-order valence-electron chi connectivity index (χ4n) is 5.38. The molecule has 220 valence electrons. The number of amides is 3. The van der Waals surface area contributed by atoms with Crippen LogP contribution < -0.4 is 10.0 Å². The molecule has 4 atom stereocenters. The van der Waals surface area contributed by atoms with Crippen molar-refractivity contribution in [1.82, 2.24) is 19.8 Å². The second kappa shape index (κ2) is 11.4. The second-order valence-electron chi connectivity index (χ2n) is 11.5. The van der Waals surface area contributed by atoms with Crippen molar-refractivity contribution >= 4 is 51.0 Å². The van der Waals surface area contributed by atoms with Crippen molar-refractivity contribution in [3.05, 3.63) is 17.5 Å². The number of sulfonamides is 1. The van der Waals surface area contributed by atoms with Gasteiger partial charge in [0.2, 0.25) is 27.7 Å². The molecule has 2 saturated heterocycles. The SMILES string of the molecule is CC(C)(CC(=O)N1CC(NS(=O)(=O)c2cccs2)CC1C(=O)O)CC(=O)N1CCC(NC(=O)C2CC2)C1C(=O)O. The molecule has 1 aromatic rings. The molecule has 40 heavy (non-hydrogen) atoms. The van der Waals surface area contributed by atoms with Gasteiger partial charge in [0.05, 0.1) is 6.04 Å². The Labute approximate surface area is 235 Å². The first kappa shape index (κ1) is 29.9. The smallest absolute Gasteiger partial charge is 0.328 e. The number of hydrogen-bond acceptors (Lipinski definition) is 8. The molecule has 3 fully saturated rings. The number of hydrogen-bond donors (Lipinski definition) is 4. The van der Waals surface area contributed by atoms with Crippen LogP contribution in [0.5, 0.6) is 0 Å². The lowest BCUT2D eigenvalue weighted by molar-refractivity contribution is -0.151. The molecule has 3 heterocycles. The molecular weight excluding hydrogens is 564 g/mol. The average Bonchev–Trinajstić information content (AvgIpc) is 3.21. The number of rotatable bonds is 11. The van der Waals surface area contributed by atoms with Crippen LogP contribution in [0.25, 0.3) is 0 Å². The molecule has 4 unspecified atom stereocenters. The number of thiophene rings is 1. The van der Waals surface area contributed by atoms with Crippen molar-refractivity contribution in [2.45, 2.75) is 80.7 Å². The Bertz CT molecular complexity index is 1280. The van der Waals surface area contributed by atoms with E-state index in [0.717, 1.165) is 29.1 Å². The summed E-state index contributed by atoms with van der Waals surface area (Å²) in [6.07, 6.45) is 1.35. The van der Waals surface area contributed by atoms with Gasteiger partial charge in [-0.3, -0.25) is 14.4 Å². The molecule has 0 radical (unpaired) electrons. The Morgan fingerprint density at radius 2 is 1.68 bits per heavy atom. The number of nitrogens with zero attached hydrogens (tertiary/aromatic N) is 2. The van der Waals surface area contributed by atoms with Gasteiger partial charge in [-0.1, -0.05) is 19.9 Å². The van der Waals surface area contributed by atoms with E-state index in [2.05, 4.69) is 10.0 Å². The molecule has 15 heteroatoms. The van der Waals surface area contributed by atoms with E-state index in [1.54, 1.807) is 25.3 Å². The van der Waals surface area contributed by atoms with Gasteiger partial charge in [-0.05, 0) is 42.5 Å². The van der Waals surface area contributed by atoms with Gasteiger partial charge in [0.1, 0.15) is 16.3 Å². The highest BCUT2D eigenvalue weighted by atomic mass is 32.2. The van der Waals surface area contributed by atoms with Crippen LogP contribution in [0.1, 0.15) is 52.4 Å². The maximum Gasteiger partial charge on any atom is 0.328 e. The first-order valence-corrected chi connectivity index (χ1v) is 15.5. The summed E-state index contributed by atoms with van der Waals surface area (Å²) in [7, 11) is -3.87. The quantitative estimate of drug-likeness (QED) is 0.280. The van der Waals surface area contributed by atoms with Crippen LogP contribution in [0, 0.1) is 11.3 Å². The summed E-state index contributed by atoms with van der Waals surface area (Å²) in [6.45, 7) is 3.32. The average molecular weight is 599 g/mol. The van der Waals surface area contributed by atoms with Gasteiger partial charge in [-0.25, -0.2) is 22.7 Å². The van der Waals surface area contributed by atoms with Crippen LogP contribution in [0.3, 0.4) is 0 Å². The number of carbonyl (C=O) groups is 5. The van der Waals surface area contributed by atoms with Crippen molar-refractivity contribution in [2.75, 3.05) is 13.1 Å². The fourth-order valence-corrected chi connectivity index (χ4v) is 7.63. The minimum atomic E-state index is -3.87. The van der Waals surface area contributed by atoms with Gasteiger partial charge < -0.3 is 25.3 Å². The number of aliphatic carboxylic acids is 2. The summed E-state index contributed by atoms with van der Waals surface area (Å²) in [6, 6.07) is -0.939. The fraction of sp³-hybridized carbons (Fsp3) is 0.640. The highest BCUT2D eigenvalue weighted by Crippen LogP contribution is 2.33. The van der Waals surface area contributed by atoms with Crippen LogP contribution in [-0.2, 0) is 34.0 Å². The molecule has 0 spiro atoms. The summed E-state index contributed by atoms with van der Waals surface area (Å²) in [5.74, 6) is -3.82. The molecule has 3 aliphatic rings. The van der Waals surface area contributed by atoms with E-state index in [9.17, 15) is 42.6 Å². The third-order valence-corrected chi connectivity index (χ3v) is 10.4. The molecule has 13 nitrogen and oxygen atoms in total. The maximum atomic E-state index is 13.3. The summed E-state index contributed by atoms with van der Waals surface area (Å²) in [4.78, 5) is 64.9. The third-order valence-electron chi connectivity index (χ3n) is 7.49. The Hall–Kier alpha value is -3.04. The molecule has 3 amide bonds. The molecule has 1 saturated carbocycles. The standard InChI is InChI=1S/C25H34N4O9S2/c1-25(2,11-18(30)28-8-7-16(21(28)24(35)36)26-22(32)14-5-6-14)12-19(31)29-13-15(10-17(29)23(33)34)27-40(37,38)20-4-3-9-39-20/h3-4,9,14-17,21,27H,5-8,10-13H2,1-2H3,(H,26,32)(H,33,34)(H,35,36). The van der Waals surface area contributed by atoms with Crippen molar-refractivity contribution in [1.29, 1.82) is 0 Å². The van der Waals surface area contributed by atoms with Crippen molar-refractivity contribution in [3.8, 4) is 0 Å². The minimum absolute atomic E-state index is 0.0831. The van der Waals surface area contributed by atoms with Gasteiger partial charge in [0.15, 0.2) is 0 Å². The molecule has 2 aliphatic heterocycles. The Balaban J connectivity index is 1.38. The van der Waals surface area contributed by atoms with Crippen LogP contribution >= 0.6 is 11.3 Å². The molecule has 4 rings (SSSR count). The Morgan fingerprint density at radius 3 is 2.23 bits per heavy atom. The summed E-state index contributed by atoms with van der Waals surface area (Å²) in [5.41, 5.74) is -0.954. The summed E-state index contributed by atoms with van der Waals surface area (Å²) in [5, 5.41) is 23.9. The minimum Gasteiger partial charge on any atom is -0.480 e. The predicted octanol–water partition coefficient (Wildman–Crippen LogP) is 0.467. The third kappa shape index (κ3) is 6.81. The second-order valence-corrected chi connectivity index (χ2v) is 14.3. The summed E-state index contributed by atoms with van der Waals surface area (Å²) < 4.78 is 27.8. The van der Waals surface area contributed by atoms with Gasteiger partial charge in [0.25, 0.3) is 0 Å². The van der Waals surface area contributed by atoms with Crippen molar-refractivity contribution in [2.24, 2.45) is 11.3 Å². The molecular formula is C25H34N4O9S2. The lowest BCUT2D eigenvalue weighted by atomic mass is 9.84. The lowest BCUT2D eigenvalue weighted by Gasteiger charge is -2.31. The van der Waals surface area contributed by atoms with Gasteiger partial charge in [-0.2, -0.15) is 0 Å². The Morgan fingerprint density at radius 1 is 1.02 bits per heavy atom. The van der Waals surface area contributed by atoms with E-state index in [-0.39, 0.29) is 48.4 Å². The van der Waals surface area contributed by atoms with Crippen molar-refractivity contribution < 1.29 is 42.6 Å². The number of likely N-dealkylation sites (tertiary alicyclic amines) is 2. The first-order valence-electron chi connectivity index (χ1n) is 13.1. The highest BCUT2D eigenvalue weighted by Gasteiger charge is 2.46. The number of carboxylic acids is 2. The van der Waals surface area contributed by atoms with Crippen molar-refractivity contribution in [3.63, 3.8) is 0 Å². The number of nitrogens with one attached hydrogen (secondary N) is 2. The normalized spacial score (nSPS) is 25.1. The van der Waals surface area contributed by atoms with E-state index >= 15 is 0 Å². The molecule has 0 aromatic carbocycles. The first-order chi connectivity index (χ1) is 18.7. The van der Waals surface area contributed by atoms with E-state index in [1.807, 2.05) is 0 Å². The Kier molecular flexibility index (Phi) is 8.57. The number of carbonyl (C=O) groups excluding carboxylic acids is 3. The zero-order chi connectivity index (χ0) is 29.4. The van der Waals surface area contributed by atoms with E-state index in [1.165, 1.54) is 11.0 Å². The highest BCUT2D eigenvalue weighted by molar-refractivity contribution is 7.91.